The normalized spacial score (nSPS) is 18.0. The zero-order valence-corrected chi connectivity index (χ0v) is 18.2. The molecule has 0 atom stereocenters. The molecule has 4 rings (SSSR count). The lowest BCUT2D eigenvalue weighted by atomic mass is 9.84. The molecule has 0 N–H and O–H groups in total. The van der Waals surface area contributed by atoms with E-state index in [0.29, 0.717) is 41.5 Å². The van der Waals surface area contributed by atoms with Gasteiger partial charge in [-0.2, -0.15) is 0 Å². The molecular formula is C22H27BF2N4. The first-order valence-electron chi connectivity index (χ1n) is 10.3. The first-order valence-corrected chi connectivity index (χ1v) is 10.3. The maximum atomic E-state index is 16.1. The second kappa shape index (κ2) is 6.47. The van der Waals surface area contributed by atoms with Crippen molar-refractivity contribution in [2.75, 3.05) is 0 Å². The predicted octanol–water partition coefficient (Wildman–Crippen LogP) is 4.97. The Morgan fingerprint density at radius 2 is 1.62 bits per heavy atom. The first-order chi connectivity index (χ1) is 13.7. The highest BCUT2D eigenvalue weighted by atomic mass is 19.2. The van der Waals surface area contributed by atoms with Crippen molar-refractivity contribution in [1.82, 2.24) is 14.4 Å². The summed E-state index contributed by atoms with van der Waals surface area (Å²) >= 11 is 0. The zero-order valence-electron chi connectivity index (χ0n) is 18.2. The van der Waals surface area contributed by atoms with Gasteiger partial charge in [0.25, 0.3) is 0 Å². The molecule has 4 nitrogen and oxygen atoms in total. The topological polar surface area (TPSA) is 33.7 Å². The van der Waals surface area contributed by atoms with Gasteiger partial charge in [0.1, 0.15) is 11.5 Å². The summed E-state index contributed by atoms with van der Waals surface area (Å²) in [5, 5.41) is 0. The summed E-state index contributed by atoms with van der Waals surface area (Å²) in [6, 6.07) is 0. The van der Waals surface area contributed by atoms with Crippen molar-refractivity contribution in [2.45, 2.75) is 61.3 Å². The van der Waals surface area contributed by atoms with E-state index < -0.39 is 6.97 Å². The van der Waals surface area contributed by atoms with Gasteiger partial charge in [0.2, 0.25) is 0 Å². The summed E-state index contributed by atoms with van der Waals surface area (Å²) in [4.78, 5) is 8.72. The van der Waals surface area contributed by atoms with Gasteiger partial charge in [-0.3, -0.25) is 0 Å². The number of aryl methyl sites for hydroxylation is 1. The summed E-state index contributed by atoms with van der Waals surface area (Å²) in [7, 11) is 0. The van der Waals surface area contributed by atoms with Crippen LogP contribution in [0.4, 0.5) is 8.63 Å². The van der Waals surface area contributed by atoms with Gasteiger partial charge in [-0.25, -0.2) is 9.97 Å². The molecule has 2 aromatic heterocycles. The fourth-order valence-corrected chi connectivity index (χ4v) is 5.27. The molecule has 0 amide bonds. The van der Waals surface area contributed by atoms with Gasteiger partial charge in [0, 0.05) is 41.7 Å². The number of nitrogens with zero attached hydrogens (tertiary/aromatic N) is 4. The van der Waals surface area contributed by atoms with E-state index in [1.54, 1.807) is 12.4 Å². The molecule has 0 radical (unpaired) electrons. The van der Waals surface area contributed by atoms with Crippen LogP contribution in [0.2, 0.25) is 0 Å². The Morgan fingerprint density at radius 1 is 1.00 bits per heavy atom. The van der Waals surface area contributed by atoms with Crippen molar-refractivity contribution in [3.63, 3.8) is 0 Å². The number of aromatic nitrogens is 3. The third kappa shape index (κ3) is 2.45. The van der Waals surface area contributed by atoms with Gasteiger partial charge in [-0.05, 0) is 57.4 Å². The lowest BCUT2D eigenvalue weighted by molar-refractivity contribution is -0.363. The van der Waals surface area contributed by atoms with E-state index in [-0.39, 0.29) is 0 Å². The molecule has 0 fully saturated rings. The average molecular weight is 396 g/mol. The minimum atomic E-state index is -3.99. The second-order valence-electron chi connectivity index (χ2n) is 8.00. The molecule has 2 aliphatic heterocycles. The molecule has 4 heterocycles. The molecule has 7 heteroatoms. The van der Waals surface area contributed by atoms with E-state index in [1.807, 2.05) is 48.5 Å². The van der Waals surface area contributed by atoms with Crippen LogP contribution in [0, 0.1) is 20.8 Å². The lowest BCUT2D eigenvalue weighted by Gasteiger charge is -2.33. The van der Waals surface area contributed by atoms with Crippen LogP contribution in [0.15, 0.2) is 29.2 Å². The van der Waals surface area contributed by atoms with Gasteiger partial charge in [-0.1, -0.05) is 13.8 Å². The molecule has 0 aliphatic carbocycles. The van der Waals surface area contributed by atoms with E-state index in [4.69, 9.17) is 0 Å². The smallest absolute Gasteiger partial charge is 0.393 e. The Kier molecular flexibility index (Phi) is 4.41. The summed E-state index contributed by atoms with van der Waals surface area (Å²) in [5.74, 6) is 0.662. The number of hydrogen-bond acceptors (Lipinski definition) is 2. The van der Waals surface area contributed by atoms with Crippen LogP contribution in [0.25, 0.3) is 5.57 Å². The van der Waals surface area contributed by atoms with Crippen molar-refractivity contribution in [1.29, 1.82) is 0 Å². The van der Waals surface area contributed by atoms with Crippen molar-refractivity contribution in [3.8, 4) is 0 Å². The average Bonchev–Trinajstić information content (AvgIpc) is 3.08. The van der Waals surface area contributed by atoms with Crippen LogP contribution >= 0.6 is 0 Å². The van der Waals surface area contributed by atoms with Crippen LogP contribution in [0.3, 0.4) is 0 Å². The predicted molar refractivity (Wildman–Crippen MR) is 113 cm³/mol. The zero-order chi connectivity index (χ0) is 21.2. The highest BCUT2D eigenvalue weighted by Gasteiger charge is 2.56. The minimum Gasteiger partial charge on any atom is -0.393 e. The van der Waals surface area contributed by atoms with Crippen LogP contribution in [-0.4, -0.2) is 31.6 Å². The van der Waals surface area contributed by atoms with Crippen LogP contribution in [0.5, 0.6) is 0 Å². The van der Waals surface area contributed by atoms with Crippen molar-refractivity contribution >= 4 is 18.3 Å². The third-order valence-corrected chi connectivity index (χ3v) is 6.57. The molecule has 0 saturated carbocycles. The third-order valence-electron chi connectivity index (χ3n) is 6.57. The molecular weight excluding hydrogens is 369 g/mol. The number of allylic oxidation sites excluding steroid dienone is 2. The molecule has 2 aliphatic rings. The lowest BCUT2D eigenvalue weighted by Crippen LogP contribution is -2.51. The first kappa shape index (κ1) is 19.7. The summed E-state index contributed by atoms with van der Waals surface area (Å²) in [5.41, 5.74) is 7.89. The quantitative estimate of drug-likeness (QED) is 0.686. The van der Waals surface area contributed by atoms with Crippen LogP contribution < -0.4 is 0 Å². The van der Waals surface area contributed by atoms with E-state index >= 15 is 8.63 Å². The van der Waals surface area contributed by atoms with Gasteiger partial charge in [0.15, 0.2) is 5.70 Å². The van der Waals surface area contributed by atoms with Crippen molar-refractivity contribution in [2.24, 2.45) is 0 Å². The Hall–Kier alpha value is -2.57. The summed E-state index contributed by atoms with van der Waals surface area (Å²) in [6.45, 7) is 9.42. The molecule has 152 valence electrons. The van der Waals surface area contributed by atoms with Crippen molar-refractivity contribution in [3.05, 3.63) is 63.1 Å². The van der Waals surface area contributed by atoms with Crippen LogP contribution in [0.1, 0.15) is 68.0 Å². The molecule has 0 unspecified atom stereocenters. The van der Waals surface area contributed by atoms with E-state index in [1.165, 1.54) is 8.96 Å². The summed E-state index contributed by atoms with van der Waals surface area (Å²) < 4.78 is 34.7. The monoisotopic (exact) mass is 396 g/mol. The van der Waals surface area contributed by atoms with Gasteiger partial charge in [-0.15, -0.1) is 0 Å². The highest BCUT2D eigenvalue weighted by Crippen LogP contribution is 2.46. The Bertz CT molecular complexity index is 1130. The number of halogens is 2. The number of rotatable bonds is 3. The van der Waals surface area contributed by atoms with Gasteiger partial charge in [0.05, 0.1) is 5.57 Å². The molecule has 29 heavy (non-hydrogen) atoms. The number of hydrogen-bond donors (Lipinski definition) is 0. The Labute approximate surface area is 170 Å². The molecule has 0 saturated heterocycles. The number of fused-ring (bicyclic) bond motifs is 2. The standard InChI is InChI=1S/C22H27BF2N4/c1-8-18-12(3)21-20(17-10-26-16(7)27-11-17)22-13(4)19(9-2)15(6)29(22)23(24,25)28(21)14(18)5/h10-11H,8-9H2,1-7H3. The molecule has 0 bridgehead atoms. The Morgan fingerprint density at radius 3 is 2.17 bits per heavy atom. The fourth-order valence-electron chi connectivity index (χ4n) is 5.27. The van der Waals surface area contributed by atoms with Gasteiger partial charge >= 0.3 is 6.97 Å². The fraction of sp³-hybridized carbons (Fsp3) is 0.409. The van der Waals surface area contributed by atoms with Crippen molar-refractivity contribution < 1.29 is 13.1 Å². The SMILES string of the molecule is CCC1=C(C)C2=C(c3cnc(C)nc3)c3c(C)c(CC)c(C)n3[B-](F)(F)[N+]2=C1C. The van der Waals surface area contributed by atoms with Crippen LogP contribution in [-0.2, 0) is 6.42 Å². The maximum Gasteiger partial charge on any atom is 0.737 e. The molecule has 0 aromatic carbocycles. The Balaban J connectivity index is 2.22. The molecule has 0 spiro atoms. The van der Waals surface area contributed by atoms with E-state index in [9.17, 15) is 0 Å². The van der Waals surface area contributed by atoms with Gasteiger partial charge < -0.3 is 17.6 Å². The largest absolute Gasteiger partial charge is 0.737 e. The highest BCUT2D eigenvalue weighted by molar-refractivity contribution is 6.58. The molecule has 2 aromatic rings. The second-order valence-corrected chi connectivity index (χ2v) is 8.00. The minimum absolute atomic E-state index is 0.604. The maximum absolute atomic E-state index is 16.1. The summed E-state index contributed by atoms with van der Waals surface area (Å²) in [6.07, 6.45) is 4.94. The van der Waals surface area contributed by atoms with E-state index in [2.05, 4.69) is 9.97 Å². The van der Waals surface area contributed by atoms with E-state index in [0.717, 1.165) is 33.4 Å².